The first-order chi connectivity index (χ1) is 6.24. The number of hydrogen-bond donors (Lipinski definition) is 2. The van der Waals surface area contributed by atoms with E-state index in [2.05, 4.69) is 22.1 Å². The number of aromatic amines is 2. The van der Waals surface area contributed by atoms with Crippen LogP contribution in [0.1, 0.15) is 19.8 Å². The molecule has 0 amide bonds. The first kappa shape index (κ1) is 10.5. The van der Waals surface area contributed by atoms with Crippen molar-refractivity contribution in [2.24, 2.45) is 0 Å². The van der Waals surface area contributed by atoms with E-state index in [-0.39, 0.29) is 5.69 Å². The molecule has 0 unspecified atom stereocenters. The number of H-pyrrole nitrogens is 2. The van der Waals surface area contributed by atoms with Gasteiger partial charge in [-0.1, -0.05) is 25.6 Å². The smallest absolute Gasteiger partial charge is 0.295 e. The van der Waals surface area contributed by atoms with Crippen LogP contribution < -0.4 is 5.69 Å². The van der Waals surface area contributed by atoms with Gasteiger partial charge in [0, 0.05) is 0 Å². The van der Waals surface area contributed by atoms with E-state index in [9.17, 15) is 4.79 Å². The molecule has 72 valence electrons. The molecular weight excluding hydrogens is 206 g/mol. The predicted molar refractivity (Wildman–Crippen MR) is 55.7 cm³/mol. The molecule has 0 aliphatic heterocycles. The average Bonchev–Trinajstić information content (AvgIpc) is 2.09. The summed E-state index contributed by atoms with van der Waals surface area (Å²) in [5.74, 6) is 0.979. The molecule has 0 fully saturated rings. The molecule has 2 N–H and O–H groups in total. The standard InChI is InChI=1S/C7H11N3OS2/c1-2-3-4-13-6-5(12)8-7(11)10-9-6/h2-4H2,1H3,(H2,8,10,11,12). The first-order valence-corrected chi connectivity index (χ1v) is 5.45. The monoisotopic (exact) mass is 217 g/mol. The highest BCUT2D eigenvalue weighted by Gasteiger charge is 1.98. The fourth-order valence-electron chi connectivity index (χ4n) is 0.748. The fourth-order valence-corrected chi connectivity index (χ4v) is 1.98. The van der Waals surface area contributed by atoms with Crippen molar-refractivity contribution in [3.8, 4) is 0 Å². The lowest BCUT2D eigenvalue weighted by molar-refractivity contribution is 0.821. The van der Waals surface area contributed by atoms with Gasteiger partial charge < -0.3 is 0 Å². The van der Waals surface area contributed by atoms with Gasteiger partial charge in [0.05, 0.1) is 0 Å². The molecule has 1 aromatic heterocycles. The normalized spacial score (nSPS) is 10.2. The van der Waals surface area contributed by atoms with Gasteiger partial charge in [0.1, 0.15) is 4.64 Å². The van der Waals surface area contributed by atoms with Crippen LogP contribution in [0.4, 0.5) is 0 Å². The molecule has 0 atom stereocenters. The van der Waals surface area contributed by atoms with E-state index in [1.165, 1.54) is 0 Å². The minimum absolute atomic E-state index is 0.357. The van der Waals surface area contributed by atoms with E-state index in [1.54, 1.807) is 11.8 Å². The summed E-state index contributed by atoms with van der Waals surface area (Å²) < 4.78 is 0.421. The molecule has 13 heavy (non-hydrogen) atoms. The van der Waals surface area contributed by atoms with Gasteiger partial charge in [0.25, 0.3) is 0 Å². The molecule has 1 aromatic rings. The van der Waals surface area contributed by atoms with Gasteiger partial charge in [0.15, 0.2) is 5.03 Å². The number of nitrogens with zero attached hydrogens (tertiary/aromatic N) is 1. The Bertz CT molecular complexity index is 370. The second-order valence-electron chi connectivity index (χ2n) is 2.51. The van der Waals surface area contributed by atoms with Crippen LogP contribution in [0.5, 0.6) is 0 Å². The molecule has 0 saturated heterocycles. The quantitative estimate of drug-likeness (QED) is 0.458. The second kappa shape index (κ2) is 5.18. The van der Waals surface area contributed by atoms with Crippen LogP contribution in [0.3, 0.4) is 0 Å². The van der Waals surface area contributed by atoms with Gasteiger partial charge in [-0.2, -0.15) is 5.10 Å². The molecule has 0 saturated carbocycles. The van der Waals surface area contributed by atoms with Crippen molar-refractivity contribution >= 4 is 24.0 Å². The van der Waals surface area contributed by atoms with Gasteiger partial charge >= 0.3 is 5.69 Å². The molecule has 0 bridgehead atoms. The van der Waals surface area contributed by atoms with Crippen molar-refractivity contribution in [1.82, 2.24) is 15.2 Å². The Hall–Kier alpha value is -0.620. The molecule has 0 aromatic carbocycles. The zero-order valence-corrected chi connectivity index (χ0v) is 8.93. The number of nitrogens with one attached hydrogen (secondary N) is 2. The fraction of sp³-hybridized carbons (Fsp3) is 0.571. The SMILES string of the molecule is CCCCSc1n[nH]c(=O)[nH]c1=S. The molecule has 0 aliphatic carbocycles. The van der Waals surface area contributed by atoms with E-state index < -0.39 is 0 Å². The Morgan fingerprint density at radius 3 is 3.00 bits per heavy atom. The third-order valence-corrected chi connectivity index (χ3v) is 2.90. The van der Waals surface area contributed by atoms with Crippen molar-refractivity contribution in [3.05, 3.63) is 15.1 Å². The van der Waals surface area contributed by atoms with E-state index in [0.29, 0.717) is 9.67 Å². The lowest BCUT2D eigenvalue weighted by Crippen LogP contribution is -2.12. The Morgan fingerprint density at radius 2 is 2.38 bits per heavy atom. The summed E-state index contributed by atoms with van der Waals surface area (Å²) in [7, 11) is 0. The Labute approximate surface area is 85.2 Å². The molecular formula is C7H11N3OS2. The Balaban J connectivity index is 2.67. The van der Waals surface area contributed by atoms with Crippen molar-refractivity contribution < 1.29 is 0 Å². The Morgan fingerprint density at radius 1 is 1.62 bits per heavy atom. The maximum Gasteiger partial charge on any atom is 0.340 e. The molecule has 4 nitrogen and oxygen atoms in total. The van der Waals surface area contributed by atoms with Crippen LogP contribution in [-0.4, -0.2) is 20.9 Å². The topological polar surface area (TPSA) is 61.5 Å². The van der Waals surface area contributed by atoms with E-state index in [0.717, 1.165) is 18.6 Å². The molecule has 1 rings (SSSR count). The summed E-state index contributed by atoms with van der Waals surface area (Å²) in [5, 5.41) is 6.86. The minimum Gasteiger partial charge on any atom is -0.295 e. The number of thioether (sulfide) groups is 1. The van der Waals surface area contributed by atoms with Crippen molar-refractivity contribution in [2.45, 2.75) is 24.8 Å². The van der Waals surface area contributed by atoms with Crippen molar-refractivity contribution in [3.63, 3.8) is 0 Å². The average molecular weight is 217 g/mol. The largest absolute Gasteiger partial charge is 0.340 e. The maximum atomic E-state index is 10.7. The molecule has 0 radical (unpaired) electrons. The van der Waals surface area contributed by atoms with Gasteiger partial charge in [-0.3, -0.25) is 4.98 Å². The van der Waals surface area contributed by atoms with E-state index >= 15 is 0 Å². The summed E-state index contributed by atoms with van der Waals surface area (Å²) in [6.45, 7) is 2.13. The number of hydrogen-bond acceptors (Lipinski definition) is 4. The van der Waals surface area contributed by atoms with Gasteiger partial charge in [-0.05, 0) is 12.2 Å². The van der Waals surface area contributed by atoms with Crippen molar-refractivity contribution in [2.75, 3.05) is 5.75 Å². The summed E-state index contributed by atoms with van der Waals surface area (Å²) in [5.41, 5.74) is -0.357. The zero-order chi connectivity index (χ0) is 9.68. The van der Waals surface area contributed by atoms with Crippen LogP contribution in [0, 0.1) is 4.64 Å². The summed E-state index contributed by atoms with van der Waals surface area (Å²) in [4.78, 5) is 13.2. The van der Waals surface area contributed by atoms with Gasteiger partial charge in [0.2, 0.25) is 0 Å². The first-order valence-electron chi connectivity index (χ1n) is 4.06. The highest BCUT2D eigenvalue weighted by molar-refractivity contribution is 7.99. The number of rotatable bonds is 4. The van der Waals surface area contributed by atoms with Crippen LogP contribution in [-0.2, 0) is 0 Å². The van der Waals surface area contributed by atoms with Crippen LogP contribution in [0.15, 0.2) is 9.82 Å². The lowest BCUT2D eigenvalue weighted by Gasteiger charge is -1.97. The van der Waals surface area contributed by atoms with Crippen molar-refractivity contribution in [1.29, 1.82) is 0 Å². The lowest BCUT2D eigenvalue weighted by atomic mass is 10.4. The predicted octanol–water partition coefficient (Wildman–Crippen LogP) is 1.72. The summed E-state index contributed by atoms with van der Waals surface area (Å²) in [6, 6.07) is 0. The van der Waals surface area contributed by atoms with Crippen LogP contribution >= 0.6 is 24.0 Å². The van der Waals surface area contributed by atoms with Crippen LogP contribution in [0.25, 0.3) is 0 Å². The van der Waals surface area contributed by atoms with Gasteiger partial charge in [-0.15, -0.1) is 11.8 Å². The number of unbranched alkanes of at least 4 members (excludes halogenated alkanes) is 1. The maximum absolute atomic E-state index is 10.7. The molecule has 1 heterocycles. The Kier molecular flexibility index (Phi) is 4.17. The second-order valence-corrected chi connectivity index (χ2v) is 4.01. The zero-order valence-electron chi connectivity index (χ0n) is 7.29. The van der Waals surface area contributed by atoms with Gasteiger partial charge in [-0.25, -0.2) is 9.89 Å². The highest BCUT2D eigenvalue weighted by Crippen LogP contribution is 2.15. The number of aromatic nitrogens is 3. The van der Waals surface area contributed by atoms with E-state index in [1.807, 2.05) is 0 Å². The van der Waals surface area contributed by atoms with Crippen LogP contribution in [0.2, 0.25) is 0 Å². The van der Waals surface area contributed by atoms with E-state index in [4.69, 9.17) is 12.2 Å². The summed E-state index contributed by atoms with van der Waals surface area (Å²) >= 11 is 6.49. The third-order valence-electron chi connectivity index (χ3n) is 1.42. The molecule has 0 aliphatic rings. The summed E-state index contributed by atoms with van der Waals surface area (Å²) in [6.07, 6.45) is 2.27. The highest BCUT2D eigenvalue weighted by atomic mass is 32.2. The minimum atomic E-state index is -0.357. The molecule has 6 heteroatoms. The molecule has 0 spiro atoms. The third kappa shape index (κ3) is 3.31.